The van der Waals surface area contributed by atoms with Gasteiger partial charge in [-0.3, -0.25) is 0 Å². The van der Waals surface area contributed by atoms with Crippen molar-refractivity contribution in [3.63, 3.8) is 0 Å². The van der Waals surface area contributed by atoms with Gasteiger partial charge in [-0.1, -0.05) is 23.2 Å². The van der Waals surface area contributed by atoms with E-state index in [1.165, 1.54) is 14.1 Å². The van der Waals surface area contributed by atoms with E-state index in [0.29, 0.717) is 0 Å². The molecule has 94 valence electrons. The van der Waals surface area contributed by atoms with Crippen LogP contribution in [0, 0.1) is 0 Å². The van der Waals surface area contributed by atoms with Crippen LogP contribution in [0.5, 0.6) is 0 Å². The van der Waals surface area contributed by atoms with E-state index in [4.69, 9.17) is 28.3 Å². The van der Waals surface area contributed by atoms with Crippen LogP contribution in [0.3, 0.4) is 0 Å². The van der Waals surface area contributed by atoms with Crippen LogP contribution in [0.4, 0.5) is 0 Å². The first-order valence-corrected chi connectivity index (χ1v) is 6.52. The number of aromatic carboxylic acids is 1. The van der Waals surface area contributed by atoms with Crippen molar-refractivity contribution in [1.82, 2.24) is 4.31 Å². The molecule has 0 radical (unpaired) electrons. The van der Waals surface area contributed by atoms with Crippen LogP contribution in [-0.2, 0) is 10.0 Å². The maximum absolute atomic E-state index is 11.8. The third-order valence-corrected chi connectivity index (χ3v) is 4.60. The van der Waals surface area contributed by atoms with Gasteiger partial charge in [-0.2, -0.15) is 0 Å². The Kier molecular flexibility index (Phi) is 4.03. The van der Waals surface area contributed by atoms with Crippen LogP contribution in [0.2, 0.25) is 10.0 Å². The molecular formula is C9H9Cl2NO4S. The van der Waals surface area contributed by atoms with E-state index in [1.807, 2.05) is 0 Å². The topological polar surface area (TPSA) is 74.7 Å². The lowest BCUT2D eigenvalue weighted by atomic mass is 10.2. The Labute approximate surface area is 109 Å². The highest BCUT2D eigenvalue weighted by Crippen LogP contribution is 2.29. The molecule has 1 rings (SSSR count). The Hall–Kier alpha value is -0.820. The maximum Gasteiger partial charge on any atom is 0.337 e. The summed E-state index contributed by atoms with van der Waals surface area (Å²) in [5.41, 5.74) is -0.309. The van der Waals surface area contributed by atoms with E-state index in [9.17, 15) is 13.2 Å². The van der Waals surface area contributed by atoms with E-state index in [1.54, 1.807) is 0 Å². The van der Waals surface area contributed by atoms with E-state index >= 15 is 0 Å². The van der Waals surface area contributed by atoms with Crippen LogP contribution < -0.4 is 0 Å². The highest BCUT2D eigenvalue weighted by atomic mass is 35.5. The van der Waals surface area contributed by atoms with Gasteiger partial charge in [-0.25, -0.2) is 17.5 Å². The first-order chi connectivity index (χ1) is 7.67. The lowest BCUT2D eigenvalue weighted by Gasteiger charge is -2.13. The summed E-state index contributed by atoms with van der Waals surface area (Å²) in [6.07, 6.45) is 0. The Morgan fingerprint density at radius 2 is 1.76 bits per heavy atom. The normalized spacial score (nSPS) is 11.8. The van der Waals surface area contributed by atoms with Crippen LogP contribution in [0.15, 0.2) is 17.0 Å². The minimum Gasteiger partial charge on any atom is -0.478 e. The minimum absolute atomic E-state index is 0.111. The molecule has 0 saturated heterocycles. The lowest BCUT2D eigenvalue weighted by molar-refractivity contribution is 0.0697. The molecule has 1 aromatic rings. The number of hydrogen-bond acceptors (Lipinski definition) is 3. The first-order valence-electron chi connectivity index (χ1n) is 4.32. The van der Waals surface area contributed by atoms with Crippen LogP contribution in [0.25, 0.3) is 0 Å². The molecule has 0 heterocycles. The van der Waals surface area contributed by atoms with Gasteiger partial charge < -0.3 is 5.11 Å². The molecule has 0 aliphatic heterocycles. The number of carboxylic acid groups (broad SMARTS) is 1. The van der Waals surface area contributed by atoms with Crippen molar-refractivity contribution in [2.45, 2.75) is 4.90 Å². The summed E-state index contributed by atoms with van der Waals surface area (Å²) in [4.78, 5) is 10.6. The third kappa shape index (κ3) is 2.71. The van der Waals surface area contributed by atoms with E-state index in [2.05, 4.69) is 0 Å². The van der Waals surface area contributed by atoms with Crippen molar-refractivity contribution < 1.29 is 18.3 Å². The summed E-state index contributed by atoms with van der Waals surface area (Å²) in [6, 6.07) is 2.05. The number of sulfonamides is 1. The van der Waals surface area contributed by atoms with E-state index in [0.717, 1.165) is 16.4 Å². The average molecular weight is 298 g/mol. The molecule has 8 heteroatoms. The van der Waals surface area contributed by atoms with Gasteiger partial charge >= 0.3 is 5.97 Å². The second kappa shape index (κ2) is 4.81. The number of benzene rings is 1. The second-order valence-corrected chi connectivity index (χ2v) is 6.29. The molecule has 0 aliphatic rings. The van der Waals surface area contributed by atoms with Gasteiger partial charge in [0.1, 0.15) is 4.90 Å². The molecule has 1 N–H and O–H groups in total. The Morgan fingerprint density at radius 1 is 1.24 bits per heavy atom. The number of rotatable bonds is 3. The van der Waals surface area contributed by atoms with Crippen LogP contribution in [0.1, 0.15) is 10.4 Å². The molecule has 1 aromatic carbocycles. The van der Waals surface area contributed by atoms with E-state index in [-0.39, 0.29) is 20.5 Å². The highest BCUT2D eigenvalue weighted by Gasteiger charge is 2.24. The number of carbonyl (C=O) groups is 1. The van der Waals surface area contributed by atoms with Gasteiger partial charge in [-0.15, -0.1) is 0 Å². The summed E-state index contributed by atoms with van der Waals surface area (Å²) in [6.45, 7) is 0. The van der Waals surface area contributed by atoms with Gasteiger partial charge in [0.15, 0.2) is 0 Å². The molecule has 0 fully saturated rings. The summed E-state index contributed by atoms with van der Waals surface area (Å²) in [5.74, 6) is -1.32. The standard InChI is InChI=1S/C9H9Cl2NO4S/c1-12(2)17(15,16)8-3-5(9(13)14)6(10)4-7(8)11/h3-4H,1-2H3,(H,13,14). The Balaban J connectivity index is 3.57. The van der Waals surface area contributed by atoms with Gasteiger partial charge in [0, 0.05) is 14.1 Å². The quantitative estimate of drug-likeness (QED) is 0.925. The molecule has 5 nitrogen and oxygen atoms in total. The van der Waals surface area contributed by atoms with E-state index < -0.39 is 16.0 Å². The van der Waals surface area contributed by atoms with Crippen molar-refractivity contribution >= 4 is 39.2 Å². The van der Waals surface area contributed by atoms with Crippen molar-refractivity contribution in [3.8, 4) is 0 Å². The fourth-order valence-corrected chi connectivity index (χ4v) is 2.81. The number of carboxylic acids is 1. The average Bonchev–Trinajstić information content (AvgIpc) is 2.15. The van der Waals surface area contributed by atoms with Gasteiger partial charge in [0.2, 0.25) is 10.0 Å². The molecule has 0 aromatic heterocycles. The van der Waals surface area contributed by atoms with Crippen molar-refractivity contribution in [2.75, 3.05) is 14.1 Å². The molecule has 17 heavy (non-hydrogen) atoms. The molecule has 0 atom stereocenters. The zero-order valence-corrected chi connectivity index (χ0v) is 11.3. The zero-order chi connectivity index (χ0) is 13.4. The van der Waals surface area contributed by atoms with Gasteiger partial charge in [-0.05, 0) is 12.1 Å². The predicted molar refractivity (Wildman–Crippen MR) is 64.3 cm³/mol. The minimum atomic E-state index is -3.80. The molecular weight excluding hydrogens is 289 g/mol. The zero-order valence-electron chi connectivity index (χ0n) is 8.94. The SMILES string of the molecule is CN(C)S(=O)(=O)c1cc(C(=O)O)c(Cl)cc1Cl. The Morgan fingerprint density at radius 3 is 2.18 bits per heavy atom. The largest absolute Gasteiger partial charge is 0.478 e. The molecule has 0 saturated carbocycles. The van der Waals surface area contributed by atoms with Gasteiger partial charge in [0.05, 0.1) is 15.6 Å². The molecule has 0 bridgehead atoms. The fourth-order valence-electron chi connectivity index (χ4n) is 1.09. The molecule has 0 unspecified atom stereocenters. The number of hydrogen-bond donors (Lipinski definition) is 1. The highest BCUT2D eigenvalue weighted by molar-refractivity contribution is 7.89. The molecule has 0 aliphatic carbocycles. The maximum atomic E-state index is 11.8. The second-order valence-electron chi connectivity index (χ2n) is 3.36. The van der Waals surface area contributed by atoms with Crippen molar-refractivity contribution in [2.24, 2.45) is 0 Å². The number of nitrogens with zero attached hydrogens (tertiary/aromatic N) is 1. The van der Waals surface area contributed by atoms with Crippen molar-refractivity contribution in [3.05, 3.63) is 27.7 Å². The smallest absolute Gasteiger partial charge is 0.337 e. The predicted octanol–water partition coefficient (Wildman–Crippen LogP) is 1.94. The summed E-state index contributed by atoms with van der Waals surface area (Å²) < 4.78 is 24.6. The fraction of sp³-hybridized carbons (Fsp3) is 0.222. The summed E-state index contributed by atoms with van der Waals surface area (Å²) in [5, 5.41) is 8.62. The summed E-state index contributed by atoms with van der Waals surface area (Å²) in [7, 11) is -1.16. The Bertz CT molecular complexity index is 569. The monoisotopic (exact) mass is 297 g/mol. The van der Waals surface area contributed by atoms with Crippen LogP contribution in [-0.4, -0.2) is 37.9 Å². The van der Waals surface area contributed by atoms with Crippen molar-refractivity contribution in [1.29, 1.82) is 0 Å². The van der Waals surface area contributed by atoms with Crippen LogP contribution >= 0.6 is 23.2 Å². The van der Waals surface area contributed by atoms with Gasteiger partial charge in [0.25, 0.3) is 0 Å². The lowest BCUT2D eigenvalue weighted by Crippen LogP contribution is -2.23. The molecule has 0 spiro atoms. The first kappa shape index (κ1) is 14.2. The third-order valence-electron chi connectivity index (χ3n) is 2.01. The summed E-state index contributed by atoms with van der Waals surface area (Å²) >= 11 is 11.4. The molecule has 0 amide bonds. The number of halogens is 2.